The molecule has 1 aliphatic rings. The zero-order chi connectivity index (χ0) is 21.1. The van der Waals surface area contributed by atoms with Gasteiger partial charge in [0.25, 0.3) is 5.91 Å². The summed E-state index contributed by atoms with van der Waals surface area (Å²) in [6.07, 6.45) is 4.80. The average molecular weight is 500 g/mol. The molecule has 0 unspecified atom stereocenters. The predicted molar refractivity (Wildman–Crippen MR) is 121 cm³/mol. The van der Waals surface area contributed by atoms with Crippen molar-refractivity contribution in [1.82, 2.24) is 0 Å². The van der Waals surface area contributed by atoms with E-state index in [1.807, 2.05) is 19.9 Å². The molecule has 0 atom stereocenters. The molecule has 1 aromatic carbocycles. The van der Waals surface area contributed by atoms with Crippen LogP contribution in [0.1, 0.15) is 57.6 Å². The van der Waals surface area contributed by atoms with Crippen molar-refractivity contribution in [2.75, 3.05) is 11.9 Å². The van der Waals surface area contributed by atoms with Crippen LogP contribution in [-0.4, -0.2) is 18.4 Å². The molecule has 0 aliphatic heterocycles. The van der Waals surface area contributed by atoms with Gasteiger partial charge in [-0.1, -0.05) is 11.6 Å². The van der Waals surface area contributed by atoms with Crippen LogP contribution in [0, 0.1) is 13.8 Å². The molecule has 0 radical (unpaired) electrons. The van der Waals surface area contributed by atoms with Crippen molar-refractivity contribution >= 4 is 55.7 Å². The van der Waals surface area contributed by atoms with E-state index in [2.05, 4.69) is 21.2 Å². The monoisotopic (exact) mass is 498 g/mol. The summed E-state index contributed by atoms with van der Waals surface area (Å²) in [5.74, 6) is 0.102. The molecule has 0 bridgehead atoms. The van der Waals surface area contributed by atoms with Gasteiger partial charge in [-0.15, -0.1) is 11.3 Å². The number of anilines is 1. The number of amides is 2. The van der Waals surface area contributed by atoms with E-state index < -0.39 is 5.91 Å². The summed E-state index contributed by atoms with van der Waals surface area (Å²) in [6.45, 7) is 4.26. The Bertz CT molecular complexity index is 958. The second-order valence-corrected chi connectivity index (χ2v) is 9.50. The summed E-state index contributed by atoms with van der Waals surface area (Å²) < 4.78 is 6.65. The van der Waals surface area contributed by atoms with Crippen LogP contribution in [-0.2, 0) is 17.6 Å². The number of hydrogen-bond acceptors (Lipinski definition) is 4. The summed E-state index contributed by atoms with van der Waals surface area (Å²) in [5, 5.41) is 4.18. The summed E-state index contributed by atoms with van der Waals surface area (Å²) >= 11 is 11.2. The van der Waals surface area contributed by atoms with Crippen LogP contribution >= 0.6 is 38.9 Å². The molecule has 29 heavy (non-hydrogen) atoms. The number of carbonyl (C=O) groups excluding carboxylic acids is 2. The number of thiophene rings is 1. The lowest BCUT2D eigenvalue weighted by atomic mass is 9.95. The maximum absolute atomic E-state index is 12.4. The van der Waals surface area contributed by atoms with Gasteiger partial charge in [-0.3, -0.25) is 9.59 Å². The Kier molecular flexibility index (Phi) is 7.24. The van der Waals surface area contributed by atoms with Crippen molar-refractivity contribution in [3.05, 3.63) is 42.7 Å². The highest BCUT2D eigenvalue weighted by molar-refractivity contribution is 9.10. The summed E-state index contributed by atoms with van der Waals surface area (Å²) in [7, 11) is 0. The first-order valence-corrected chi connectivity index (χ1v) is 11.6. The number of rotatable bonds is 7. The van der Waals surface area contributed by atoms with E-state index in [0.29, 0.717) is 40.8 Å². The Labute approximate surface area is 188 Å². The zero-order valence-corrected chi connectivity index (χ0v) is 19.7. The molecule has 0 fully saturated rings. The molecule has 1 heterocycles. The van der Waals surface area contributed by atoms with Gasteiger partial charge >= 0.3 is 0 Å². The van der Waals surface area contributed by atoms with Gasteiger partial charge in [0.1, 0.15) is 10.8 Å². The SMILES string of the molecule is Cc1cc(OCCCC(=O)Nc2sc3c(c2C(N)=O)CCCC3)c(Br)c(C)c1Cl. The number of benzene rings is 1. The quantitative estimate of drug-likeness (QED) is 0.490. The molecule has 3 rings (SSSR count). The third-order valence-corrected chi connectivity index (χ3v) is 7.82. The molecule has 1 aliphatic carbocycles. The van der Waals surface area contributed by atoms with Crippen LogP contribution in [0.5, 0.6) is 5.75 Å². The number of nitrogens with one attached hydrogen (secondary N) is 1. The van der Waals surface area contributed by atoms with Crippen LogP contribution in [0.2, 0.25) is 5.02 Å². The van der Waals surface area contributed by atoms with E-state index in [-0.39, 0.29) is 5.91 Å². The minimum atomic E-state index is -0.471. The van der Waals surface area contributed by atoms with Crippen molar-refractivity contribution < 1.29 is 14.3 Å². The van der Waals surface area contributed by atoms with E-state index in [4.69, 9.17) is 22.1 Å². The lowest BCUT2D eigenvalue weighted by molar-refractivity contribution is -0.116. The maximum Gasteiger partial charge on any atom is 0.251 e. The van der Waals surface area contributed by atoms with Crippen LogP contribution in [0.4, 0.5) is 5.00 Å². The van der Waals surface area contributed by atoms with Crippen molar-refractivity contribution in [2.24, 2.45) is 5.73 Å². The second kappa shape index (κ2) is 9.49. The maximum atomic E-state index is 12.4. The number of halogens is 2. The Balaban J connectivity index is 1.56. The number of primary amides is 1. The smallest absolute Gasteiger partial charge is 0.251 e. The van der Waals surface area contributed by atoms with Gasteiger partial charge in [0, 0.05) is 16.3 Å². The fraction of sp³-hybridized carbons (Fsp3) is 0.429. The number of nitrogens with two attached hydrogens (primary N) is 1. The molecule has 156 valence electrons. The Morgan fingerprint density at radius 1 is 1.31 bits per heavy atom. The molecule has 0 saturated carbocycles. The van der Waals surface area contributed by atoms with Crippen molar-refractivity contribution in [1.29, 1.82) is 0 Å². The highest BCUT2D eigenvalue weighted by atomic mass is 79.9. The normalized spacial score (nSPS) is 13.1. The zero-order valence-electron chi connectivity index (χ0n) is 16.5. The number of carbonyl (C=O) groups is 2. The first-order valence-electron chi connectivity index (χ1n) is 9.61. The summed E-state index contributed by atoms with van der Waals surface area (Å²) in [6, 6.07) is 1.88. The van der Waals surface area contributed by atoms with Gasteiger partial charge in [-0.2, -0.15) is 0 Å². The molecule has 1 aromatic heterocycles. The highest BCUT2D eigenvalue weighted by Crippen LogP contribution is 2.38. The van der Waals surface area contributed by atoms with Crippen molar-refractivity contribution in [2.45, 2.75) is 52.4 Å². The van der Waals surface area contributed by atoms with Crippen LogP contribution in [0.3, 0.4) is 0 Å². The molecule has 3 N–H and O–H groups in total. The second-order valence-electron chi connectivity index (χ2n) is 7.22. The first-order chi connectivity index (χ1) is 13.8. The number of hydrogen-bond donors (Lipinski definition) is 2. The van der Waals surface area contributed by atoms with Gasteiger partial charge in [0.2, 0.25) is 5.91 Å². The third-order valence-electron chi connectivity index (χ3n) is 5.05. The number of aryl methyl sites for hydroxylation is 2. The van der Waals surface area contributed by atoms with Crippen LogP contribution in [0.25, 0.3) is 0 Å². The van der Waals surface area contributed by atoms with Crippen LogP contribution < -0.4 is 15.8 Å². The lowest BCUT2D eigenvalue weighted by Gasteiger charge is -2.13. The van der Waals surface area contributed by atoms with E-state index in [0.717, 1.165) is 46.8 Å². The molecular formula is C21H24BrClN2O3S. The fourth-order valence-electron chi connectivity index (χ4n) is 3.52. The molecule has 0 saturated heterocycles. The Morgan fingerprint density at radius 3 is 2.76 bits per heavy atom. The van der Waals surface area contributed by atoms with Gasteiger partial charge in [0.15, 0.2) is 0 Å². The van der Waals surface area contributed by atoms with Gasteiger partial charge in [0.05, 0.1) is 16.6 Å². The van der Waals surface area contributed by atoms with Gasteiger partial charge < -0.3 is 15.8 Å². The van der Waals surface area contributed by atoms with E-state index in [9.17, 15) is 9.59 Å². The van der Waals surface area contributed by atoms with Crippen LogP contribution in [0.15, 0.2) is 10.5 Å². The molecule has 5 nitrogen and oxygen atoms in total. The molecule has 0 spiro atoms. The molecule has 2 amide bonds. The molecular weight excluding hydrogens is 476 g/mol. The lowest BCUT2D eigenvalue weighted by Crippen LogP contribution is -2.18. The third kappa shape index (κ3) is 4.95. The summed E-state index contributed by atoms with van der Waals surface area (Å²) in [4.78, 5) is 25.5. The largest absolute Gasteiger partial charge is 0.492 e. The molecule has 2 aromatic rings. The first kappa shape index (κ1) is 22.1. The minimum absolute atomic E-state index is 0.141. The Hall–Kier alpha value is -1.57. The van der Waals surface area contributed by atoms with E-state index >= 15 is 0 Å². The van der Waals surface area contributed by atoms with Gasteiger partial charge in [-0.25, -0.2) is 0 Å². The fourth-order valence-corrected chi connectivity index (χ4v) is 5.53. The Morgan fingerprint density at radius 2 is 2.03 bits per heavy atom. The van der Waals surface area contributed by atoms with Crippen molar-refractivity contribution in [3.63, 3.8) is 0 Å². The average Bonchev–Trinajstić information content (AvgIpc) is 3.05. The van der Waals surface area contributed by atoms with Gasteiger partial charge in [-0.05, 0) is 84.6 Å². The van der Waals surface area contributed by atoms with E-state index in [1.165, 1.54) is 16.2 Å². The van der Waals surface area contributed by atoms with Crippen molar-refractivity contribution in [3.8, 4) is 5.75 Å². The highest BCUT2D eigenvalue weighted by Gasteiger charge is 2.24. The predicted octanol–water partition coefficient (Wildman–Crippen LogP) is 5.56. The van der Waals surface area contributed by atoms with E-state index in [1.54, 1.807) is 0 Å². The standard InChI is InChI=1S/C21H24BrClN2O3S/c1-11-10-14(18(22)12(2)19(11)23)28-9-5-8-16(26)25-21-17(20(24)27)13-6-3-4-7-15(13)29-21/h10H,3-9H2,1-2H3,(H2,24,27)(H,25,26). The summed E-state index contributed by atoms with van der Waals surface area (Å²) in [5.41, 5.74) is 8.96. The number of fused-ring (bicyclic) bond motifs is 1. The topological polar surface area (TPSA) is 81.4 Å². The minimum Gasteiger partial charge on any atom is -0.492 e. The number of ether oxygens (including phenoxy) is 1. The molecule has 8 heteroatoms.